The van der Waals surface area contributed by atoms with Gasteiger partial charge in [-0.05, 0) is 5.56 Å². The molecular formula is C10H8F2O. The molecule has 1 aliphatic rings. The normalized spacial score (nSPS) is 24.5. The number of hydrogen-bond donors (Lipinski definition) is 0. The van der Waals surface area contributed by atoms with Gasteiger partial charge in [0.05, 0.1) is 5.92 Å². The number of ketones is 1. The molecule has 1 aromatic carbocycles. The van der Waals surface area contributed by atoms with Crippen LogP contribution in [0.2, 0.25) is 0 Å². The second kappa shape index (κ2) is 2.37. The number of rotatable bonds is 0. The molecule has 0 fully saturated rings. The molecule has 1 aliphatic carbocycles. The van der Waals surface area contributed by atoms with Gasteiger partial charge in [-0.15, -0.1) is 0 Å². The molecule has 0 N–H and O–H groups in total. The Morgan fingerprint density at radius 1 is 1.31 bits per heavy atom. The molecule has 1 aromatic rings. The summed E-state index contributed by atoms with van der Waals surface area (Å²) in [6.07, 6.45) is 0. The maximum Gasteiger partial charge on any atom is 0.316 e. The van der Waals surface area contributed by atoms with E-state index in [4.69, 9.17) is 0 Å². The Kier molecular flexibility index (Phi) is 1.53. The smallest absolute Gasteiger partial charge is 0.287 e. The zero-order valence-electron chi connectivity index (χ0n) is 7.05. The largest absolute Gasteiger partial charge is 0.316 e. The molecule has 0 aromatic heterocycles. The molecule has 0 unspecified atom stereocenters. The fourth-order valence-corrected chi connectivity index (χ4v) is 1.65. The van der Waals surface area contributed by atoms with E-state index in [1.165, 1.54) is 13.0 Å². The van der Waals surface area contributed by atoms with Crippen molar-refractivity contribution in [1.29, 1.82) is 0 Å². The molecule has 0 saturated carbocycles. The topological polar surface area (TPSA) is 17.1 Å². The fourth-order valence-electron chi connectivity index (χ4n) is 1.65. The SMILES string of the molecule is C[C@@H]1c2ccccc2C(=O)C1(F)F. The highest BCUT2D eigenvalue weighted by Gasteiger charge is 2.52. The first-order valence-corrected chi connectivity index (χ1v) is 4.06. The first-order valence-electron chi connectivity index (χ1n) is 4.06. The lowest BCUT2D eigenvalue weighted by molar-refractivity contribution is 0.00260. The average molecular weight is 182 g/mol. The lowest BCUT2D eigenvalue weighted by atomic mass is 10.0. The minimum atomic E-state index is -3.22. The van der Waals surface area contributed by atoms with Crippen LogP contribution in [-0.2, 0) is 0 Å². The molecule has 0 spiro atoms. The van der Waals surface area contributed by atoms with E-state index >= 15 is 0 Å². The average Bonchev–Trinajstić information content (AvgIpc) is 2.30. The van der Waals surface area contributed by atoms with Crippen molar-refractivity contribution in [3.05, 3.63) is 35.4 Å². The van der Waals surface area contributed by atoms with Crippen molar-refractivity contribution < 1.29 is 13.6 Å². The van der Waals surface area contributed by atoms with Gasteiger partial charge in [-0.25, -0.2) is 0 Å². The lowest BCUT2D eigenvalue weighted by Gasteiger charge is -2.12. The number of fused-ring (bicyclic) bond motifs is 1. The standard InChI is InChI=1S/C10H8F2O/c1-6-7-4-2-3-5-8(7)9(13)10(6,11)12/h2-6H,1H3/t6-/m1/s1. The monoisotopic (exact) mass is 182 g/mol. The fraction of sp³-hybridized carbons (Fsp3) is 0.300. The maximum atomic E-state index is 13.2. The van der Waals surface area contributed by atoms with Crippen LogP contribution in [0.5, 0.6) is 0 Å². The zero-order chi connectivity index (χ0) is 9.64. The van der Waals surface area contributed by atoms with Crippen molar-refractivity contribution in [1.82, 2.24) is 0 Å². The summed E-state index contributed by atoms with van der Waals surface area (Å²) in [7, 11) is 0. The Morgan fingerprint density at radius 2 is 1.92 bits per heavy atom. The Labute approximate surface area is 74.4 Å². The summed E-state index contributed by atoms with van der Waals surface area (Å²) in [5, 5.41) is 0. The van der Waals surface area contributed by atoms with Crippen molar-refractivity contribution in [2.45, 2.75) is 18.8 Å². The molecule has 68 valence electrons. The molecule has 0 bridgehead atoms. The number of carbonyl (C=O) groups excluding carboxylic acids is 1. The number of carbonyl (C=O) groups is 1. The molecule has 1 nitrogen and oxygen atoms in total. The van der Waals surface area contributed by atoms with Gasteiger partial charge in [0.25, 0.3) is 0 Å². The Hall–Kier alpha value is -1.25. The number of halogens is 2. The molecular weight excluding hydrogens is 174 g/mol. The van der Waals surface area contributed by atoms with Gasteiger partial charge < -0.3 is 0 Å². The third-order valence-electron chi connectivity index (χ3n) is 2.52. The summed E-state index contributed by atoms with van der Waals surface area (Å²) in [5.41, 5.74) is 0.623. The van der Waals surface area contributed by atoms with E-state index in [9.17, 15) is 13.6 Å². The van der Waals surface area contributed by atoms with Crippen molar-refractivity contribution in [2.24, 2.45) is 0 Å². The number of benzene rings is 1. The van der Waals surface area contributed by atoms with Gasteiger partial charge in [-0.3, -0.25) is 4.79 Å². The molecule has 0 amide bonds. The minimum Gasteiger partial charge on any atom is -0.287 e. The predicted molar refractivity (Wildman–Crippen MR) is 44.1 cm³/mol. The van der Waals surface area contributed by atoms with Gasteiger partial charge in [0.15, 0.2) is 0 Å². The molecule has 3 heteroatoms. The van der Waals surface area contributed by atoms with Gasteiger partial charge in [-0.2, -0.15) is 8.78 Å². The van der Waals surface area contributed by atoms with Gasteiger partial charge in [0, 0.05) is 5.56 Å². The highest BCUT2D eigenvalue weighted by Crippen LogP contribution is 2.43. The van der Waals surface area contributed by atoms with Crippen LogP contribution in [0, 0.1) is 0 Å². The second-order valence-electron chi connectivity index (χ2n) is 3.26. The van der Waals surface area contributed by atoms with E-state index in [1.807, 2.05) is 0 Å². The van der Waals surface area contributed by atoms with Crippen LogP contribution < -0.4 is 0 Å². The van der Waals surface area contributed by atoms with E-state index in [-0.39, 0.29) is 5.56 Å². The predicted octanol–water partition coefficient (Wildman–Crippen LogP) is 2.62. The molecule has 0 radical (unpaired) electrons. The van der Waals surface area contributed by atoms with Crippen LogP contribution in [0.1, 0.15) is 28.8 Å². The molecule has 2 rings (SSSR count). The van der Waals surface area contributed by atoms with Crippen LogP contribution in [-0.4, -0.2) is 11.7 Å². The summed E-state index contributed by atoms with van der Waals surface area (Å²) in [4.78, 5) is 11.2. The Balaban J connectivity index is 2.64. The Bertz CT molecular complexity index is 371. The zero-order valence-corrected chi connectivity index (χ0v) is 7.05. The highest BCUT2D eigenvalue weighted by molar-refractivity contribution is 6.06. The molecule has 0 saturated heterocycles. The van der Waals surface area contributed by atoms with Crippen LogP contribution >= 0.6 is 0 Å². The van der Waals surface area contributed by atoms with Crippen molar-refractivity contribution in [3.63, 3.8) is 0 Å². The minimum absolute atomic E-state index is 0.167. The van der Waals surface area contributed by atoms with Crippen LogP contribution in [0.25, 0.3) is 0 Å². The van der Waals surface area contributed by atoms with E-state index in [2.05, 4.69) is 0 Å². The highest BCUT2D eigenvalue weighted by atomic mass is 19.3. The van der Waals surface area contributed by atoms with E-state index in [0.29, 0.717) is 5.56 Å². The number of Topliss-reactive ketones (excluding diaryl/α,β-unsaturated/α-hetero) is 1. The lowest BCUT2D eigenvalue weighted by Crippen LogP contribution is -2.26. The van der Waals surface area contributed by atoms with Crippen LogP contribution in [0.15, 0.2) is 24.3 Å². The second-order valence-corrected chi connectivity index (χ2v) is 3.26. The van der Waals surface area contributed by atoms with Gasteiger partial charge in [0.1, 0.15) is 0 Å². The quantitative estimate of drug-likeness (QED) is 0.602. The van der Waals surface area contributed by atoms with Crippen molar-refractivity contribution in [2.75, 3.05) is 0 Å². The third-order valence-corrected chi connectivity index (χ3v) is 2.52. The first kappa shape index (κ1) is 8.35. The summed E-state index contributed by atoms with van der Waals surface area (Å²) >= 11 is 0. The van der Waals surface area contributed by atoms with E-state index in [1.54, 1.807) is 18.2 Å². The van der Waals surface area contributed by atoms with Crippen LogP contribution in [0.3, 0.4) is 0 Å². The Morgan fingerprint density at radius 3 is 2.54 bits per heavy atom. The first-order chi connectivity index (χ1) is 6.05. The van der Waals surface area contributed by atoms with Crippen molar-refractivity contribution >= 4 is 5.78 Å². The van der Waals surface area contributed by atoms with Gasteiger partial charge in [-0.1, -0.05) is 31.2 Å². The summed E-state index contributed by atoms with van der Waals surface area (Å²) < 4.78 is 26.3. The molecule has 1 atom stereocenters. The maximum absolute atomic E-state index is 13.2. The summed E-state index contributed by atoms with van der Waals surface area (Å²) in [5.74, 6) is -5.25. The van der Waals surface area contributed by atoms with Gasteiger partial charge >= 0.3 is 5.92 Å². The number of alkyl halides is 2. The molecule has 13 heavy (non-hydrogen) atoms. The third kappa shape index (κ3) is 0.930. The van der Waals surface area contributed by atoms with Crippen molar-refractivity contribution in [3.8, 4) is 0 Å². The molecule has 0 heterocycles. The van der Waals surface area contributed by atoms with Gasteiger partial charge in [0.2, 0.25) is 5.78 Å². The van der Waals surface area contributed by atoms with E-state index in [0.717, 1.165) is 0 Å². The summed E-state index contributed by atoms with van der Waals surface area (Å²) in [6, 6.07) is 6.31. The van der Waals surface area contributed by atoms with E-state index < -0.39 is 17.6 Å². The number of hydrogen-bond acceptors (Lipinski definition) is 1. The van der Waals surface area contributed by atoms with Crippen LogP contribution in [0.4, 0.5) is 8.78 Å². The summed E-state index contributed by atoms with van der Waals surface area (Å²) in [6.45, 7) is 1.38. The molecule has 0 aliphatic heterocycles.